The van der Waals surface area contributed by atoms with Gasteiger partial charge in [-0.15, -0.1) is 5.10 Å². The molecule has 0 aliphatic rings. The first-order valence-electron chi connectivity index (χ1n) is 8.45. The van der Waals surface area contributed by atoms with Crippen LogP contribution in [-0.2, 0) is 11.3 Å². The van der Waals surface area contributed by atoms with Gasteiger partial charge in [-0.25, -0.2) is 9.37 Å². The molecule has 140 valence electrons. The fraction of sp³-hybridized carbons (Fsp3) is 0.105. The topological polar surface area (TPSA) is 94.7 Å². The Balaban J connectivity index is 1.62. The van der Waals surface area contributed by atoms with Crippen LogP contribution in [0.3, 0.4) is 0 Å². The van der Waals surface area contributed by atoms with Crippen molar-refractivity contribution in [2.24, 2.45) is 0 Å². The first-order chi connectivity index (χ1) is 13.5. The highest BCUT2D eigenvalue weighted by molar-refractivity contribution is 5.91. The smallest absolute Gasteiger partial charge is 0.284 e. The Kier molecular flexibility index (Phi) is 4.40. The van der Waals surface area contributed by atoms with Gasteiger partial charge < -0.3 is 5.32 Å². The van der Waals surface area contributed by atoms with Crippen LogP contribution in [0.25, 0.3) is 16.9 Å². The van der Waals surface area contributed by atoms with Gasteiger partial charge in [-0.05, 0) is 42.8 Å². The average Bonchev–Trinajstić information content (AvgIpc) is 3.11. The van der Waals surface area contributed by atoms with Crippen LogP contribution < -0.4 is 10.9 Å². The summed E-state index contributed by atoms with van der Waals surface area (Å²) in [6, 6.07) is 12.9. The summed E-state index contributed by atoms with van der Waals surface area (Å²) in [6.45, 7) is 1.67. The number of carbonyl (C=O) groups excluding carboxylic acids is 1. The number of hydrogen-bond donors (Lipinski definition) is 1. The average molecular weight is 378 g/mol. The zero-order chi connectivity index (χ0) is 19.7. The van der Waals surface area contributed by atoms with Crippen LogP contribution in [0.4, 0.5) is 10.1 Å². The number of carbonyl (C=O) groups is 1. The molecule has 0 aliphatic carbocycles. The second-order valence-electron chi connectivity index (χ2n) is 6.19. The number of nitrogens with one attached hydrogen (secondary N) is 1. The molecule has 0 saturated heterocycles. The maximum atomic E-state index is 13.1. The van der Waals surface area contributed by atoms with E-state index in [1.54, 1.807) is 6.07 Å². The maximum Gasteiger partial charge on any atom is 0.284 e. The van der Waals surface area contributed by atoms with E-state index >= 15 is 0 Å². The molecule has 9 heteroatoms. The molecule has 1 N–H and O–H groups in total. The molecule has 0 bridgehead atoms. The molecule has 0 saturated carbocycles. The molecule has 0 aliphatic heterocycles. The summed E-state index contributed by atoms with van der Waals surface area (Å²) in [5.74, 6) is -0.744. The molecular formula is C19H15FN6O2. The number of amides is 1. The number of aromatic nitrogens is 5. The summed E-state index contributed by atoms with van der Waals surface area (Å²) in [5, 5.41) is 10.6. The number of hydrogen-bond acceptors (Lipinski definition) is 5. The molecule has 0 spiro atoms. The Morgan fingerprint density at radius 1 is 1.14 bits per heavy atom. The number of rotatable bonds is 4. The molecule has 0 radical (unpaired) electrons. The highest BCUT2D eigenvalue weighted by Crippen LogP contribution is 2.14. The fourth-order valence-corrected chi connectivity index (χ4v) is 2.77. The first kappa shape index (κ1) is 17.5. The van der Waals surface area contributed by atoms with E-state index in [1.165, 1.54) is 39.8 Å². The maximum absolute atomic E-state index is 13.1. The quantitative estimate of drug-likeness (QED) is 0.587. The van der Waals surface area contributed by atoms with Crippen LogP contribution in [-0.4, -0.2) is 30.5 Å². The molecule has 2 aromatic carbocycles. The van der Waals surface area contributed by atoms with Gasteiger partial charge in [0.1, 0.15) is 18.7 Å². The number of fused-ring (bicyclic) bond motifs is 1. The van der Waals surface area contributed by atoms with Gasteiger partial charge in [0.05, 0.1) is 5.69 Å². The number of aryl methyl sites for hydroxylation is 1. The number of anilines is 1. The van der Waals surface area contributed by atoms with Gasteiger partial charge in [-0.1, -0.05) is 23.4 Å². The van der Waals surface area contributed by atoms with Crippen molar-refractivity contribution >= 4 is 22.8 Å². The summed E-state index contributed by atoms with van der Waals surface area (Å²) in [5.41, 5.74) is 1.88. The molecule has 0 atom stereocenters. The molecule has 8 nitrogen and oxygen atoms in total. The summed E-state index contributed by atoms with van der Waals surface area (Å²) in [6.07, 6.45) is 1.27. The van der Waals surface area contributed by atoms with Crippen molar-refractivity contribution in [3.8, 4) is 5.69 Å². The van der Waals surface area contributed by atoms with Crippen molar-refractivity contribution in [1.82, 2.24) is 24.5 Å². The van der Waals surface area contributed by atoms with Gasteiger partial charge in [0.2, 0.25) is 5.91 Å². The molecule has 0 fully saturated rings. The van der Waals surface area contributed by atoms with E-state index in [2.05, 4.69) is 20.6 Å². The lowest BCUT2D eigenvalue weighted by atomic mass is 10.2. The third kappa shape index (κ3) is 3.25. The molecule has 28 heavy (non-hydrogen) atoms. The largest absolute Gasteiger partial charge is 0.324 e. The summed E-state index contributed by atoms with van der Waals surface area (Å²) >= 11 is 0. The van der Waals surface area contributed by atoms with E-state index in [-0.39, 0.29) is 29.4 Å². The second kappa shape index (κ2) is 7.03. The Morgan fingerprint density at radius 3 is 2.64 bits per heavy atom. The van der Waals surface area contributed by atoms with Crippen molar-refractivity contribution < 1.29 is 9.18 Å². The Morgan fingerprint density at radius 2 is 1.89 bits per heavy atom. The first-order valence-corrected chi connectivity index (χ1v) is 8.45. The lowest BCUT2D eigenvalue weighted by molar-refractivity contribution is -0.116. The van der Waals surface area contributed by atoms with Gasteiger partial charge >= 0.3 is 0 Å². The highest BCUT2D eigenvalue weighted by atomic mass is 19.1. The molecule has 4 rings (SSSR count). The zero-order valence-electron chi connectivity index (χ0n) is 14.8. The number of nitrogens with zero attached hydrogens (tertiary/aromatic N) is 5. The standard InChI is InChI=1S/C19H15FN6O2/c1-12-4-2-3-5-15(12)22-16(27)10-25-11-21-18-17(19(25)28)23-24-26(18)14-8-6-13(20)7-9-14/h2-9,11H,10H2,1H3,(H,22,27). The van der Waals surface area contributed by atoms with E-state index in [4.69, 9.17) is 0 Å². The van der Waals surface area contributed by atoms with E-state index in [9.17, 15) is 14.0 Å². The highest BCUT2D eigenvalue weighted by Gasteiger charge is 2.15. The lowest BCUT2D eigenvalue weighted by Gasteiger charge is -2.09. The third-order valence-corrected chi connectivity index (χ3v) is 4.23. The van der Waals surface area contributed by atoms with Crippen LogP contribution in [0.1, 0.15) is 5.56 Å². The van der Waals surface area contributed by atoms with Crippen LogP contribution in [0.15, 0.2) is 59.7 Å². The fourth-order valence-electron chi connectivity index (χ4n) is 2.77. The zero-order valence-corrected chi connectivity index (χ0v) is 14.8. The monoisotopic (exact) mass is 378 g/mol. The second-order valence-corrected chi connectivity index (χ2v) is 6.19. The van der Waals surface area contributed by atoms with Gasteiger partial charge in [0.15, 0.2) is 11.2 Å². The van der Waals surface area contributed by atoms with Crippen LogP contribution in [0, 0.1) is 12.7 Å². The molecular weight excluding hydrogens is 363 g/mol. The minimum atomic E-state index is -0.488. The number of benzene rings is 2. The predicted molar refractivity (Wildman–Crippen MR) is 101 cm³/mol. The van der Waals surface area contributed by atoms with Crippen LogP contribution >= 0.6 is 0 Å². The van der Waals surface area contributed by atoms with Gasteiger partial charge in [0, 0.05) is 5.69 Å². The van der Waals surface area contributed by atoms with E-state index in [0.717, 1.165) is 5.56 Å². The Labute approximate surface area is 158 Å². The summed E-state index contributed by atoms with van der Waals surface area (Å²) < 4.78 is 15.6. The lowest BCUT2D eigenvalue weighted by Crippen LogP contribution is -2.28. The van der Waals surface area contributed by atoms with E-state index < -0.39 is 5.56 Å². The van der Waals surface area contributed by atoms with Crippen molar-refractivity contribution in [3.05, 3.63) is 76.6 Å². The number of halogens is 1. The van der Waals surface area contributed by atoms with Gasteiger partial charge in [-0.2, -0.15) is 4.68 Å². The minimum Gasteiger partial charge on any atom is -0.324 e. The number of para-hydroxylation sites is 1. The molecule has 2 aromatic heterocycles. The molecule has 2 heterocycles. The Hall–Kier alpha value is -3.88. The van der Waals surface area contributed by atoms with Crippen LogP contribution in [0.5, 0.6) is 0 Å². The SMILES string of the molecule is Cc1ccccc1NC(=O)Cn1cnc2c(nnn2-c2ccc(F)cc2)c1=O. The van der Waals surface area contributed by atoms with Crippen LogP contribution in [0.2, 0.25) is 0 Å². The van der Waals surface area contributed by atoms with E-state index in [0.29, 0.717) is 11.4 Å². The van der Waals surface area contributed by atoms with Crippen molar-refractivity contribution in [3.63, 3.8) is 0 Å². The van der Waals surface area contributed by atoms with E-state index in [1.807, 2.05) is 25.1 Å². The normalized spacial score (nSPS) is 10.9. The summed E-state index contributed by atoms with van der Waals surface area (Å²) in [7, 11) is 0. The Bertz CT molecular complexity index is 1230. The summed E-state index contributed by atoms with van der Waals surface area (Å²) in [4.78, 5) is 29.2. The van der Waals surface area contributed by atoms with Gasteiger partial charge in [-0.3, -0.25) is 14.2 Å². The van der Waals surface area contributed by atoms with Crippen molar-refractivity contribution in [1.29, 1.82) is 0 Å². The molecule has 1 amide bonds. The molecule has 0 unspecified atom stereocenters. The minimum absolute atomic E-state index is 0.0236. The van der Waals surface area contributed by atoms with Gasteiger partial charge in [0.25, 0.3) is 5.56 Å². The molecule has 4 aromatic rings. The predicted octanol–water partition coefficient (Wildman–Crippen LogP) is 2.06. The van der Waals surface area contributed by atoms with Crippen molar-refractivity contribution in [2.45, 2.75) is 13.5 Å². The van der Waals surface area contributed by atoms with Crippen molar-refractivity contribution in [2.75, 3.05) is 5.32 Å². The third-order valence-electron chi connectivity index (χ3n) is 4.23.